The monoisotopic (exact) mass is 693 g/mol. The van der Waals surface area contributed by atoms with Gasteiger partial charge in [-0.05, 0) is 44.2 Å². The number of rotatable bonds is 7. The summed E-state index contributed by atoms with van der Waals surface area (Å²) in [7, 11) is 0. The number of alkyl halides is 5. The standard InChI is InChI=1S/C31H25ClF5N5O4S/c1-15-11-19(26-24(38-15)20(14-47-26)29(44)45)18-12-17(32)3-4-23(18)46-10-9-42-16(2)39-22-13-21(31(35,36)37)27(40-25(22)28(42)43)41-7-5-30(33,34)6-8-41/h3-4,11-14H,5-10H2,1-2H3,(H,44,45). The fraction of sp³-hybridized carbons (Fsp3) is 0.323. The number of fused-ring (bicyclic) bond motifs is 2. The molecule has 246 valence electrons. The van der Waals surface area contributed by atoms with Gasteiger partial charge in [0.25, 0.3) is 11.5 Å². The van der Waals surface area contributed by atoms with E-state index < -0.39 is 47.9 Å². The number of thiophene rings is 1. The van der Waals surface area contributed by atoms with Crippen molar-refractivity contribution in [2.24, 2.45) is 0 Å². The van der Waals surface area contributed by atoms with E-state index in [1.54, 1.807) is 31.2 Å². The van der Waals surface area contributed by atoms with E-state index in [1.807, 2.05) is 0 Å². The van der Waals surface area contributed by atoms with Crippen LogP contribution in [-0.4, -0.2) is 56.2 Å². The van der Waals surface area contributed by atoms with Gasteiger partial charge in [0.2, 0.25) is 0 Å². The number of hydrogen-bond donors (Lipinski definition) is 1. The van der Waals surface area contributed by atoms with Crippen molar-refractivity contribution in [3.8, 4) is 16.9 Å². The summed E-state index contributed by atoms with van der Waals surface area (Å²) in [4.78, 5) is 39.1. The molecule has 1 aliphatic rings. The smallest absolute Gasteiger partial charge is 0.420 e. The minimum atomic E-state index is -4.86. The van der Waals surface area contributed by atoms with Crippen LogP contribution in [0.1, 0.15) is 40.3 Å². The number of carboxylic acid groups (broad SMARTS) is 1. The Labute approximate surface area is 272 Å². The fourth-order valence-electron chi connectivity index (χ4n) is 5.58. The molecule has 9 nitrogen and oxygen atoms in total. The SMILES string of the molecule is Cc1cc(-c2cc(Cl)ccc2OCCn2c(C)nc3cc(C(F)(F)F)c(N4CCC(F)(F)CC4)nc3c2=O)c2scc(C(=O)O)c2n1. The molecule has 0 unspecified atom stereocenters. The first-order chi connectivity index (χ1) is 22.1. The van der Waals surface area contributed by atoms with Crippen LogP contribution in [0.2, 0.25) is 5.02 Å². The summed E-state index contributed by atoms with van der Waals surface area (Å²) in [6.45, 7) is 2.36. The lowest BCUT2D eigenvalue weighted by molar-refractivity contribution is -0.137. The maximum atomic E-state index is 14.0. The molecule has 1 N–H and O–H groups in total. The third-order valence-corrected chi connectivity index (χ3v) is 9.13. The van der Waals surface area contributed by atoms with Gasteiger partial charge in [-0.15, -0.1) is 11.3 Å². The highest BCUT2D eigenvalue weighted by molar-refractivity contribution is 7.18. The third kappa shape index (κ3) is 6.33. The quantitative estimate of drug-likeness (QED) is 0.176. The van der Waals surface area contributed by atoms with E-state index in [9.17, 15) is 36.6 Å². The molecule has 6 rings (SSSR count). The summed E-state index contributed by atoms with van der Waals surface area (Å²) < 4.78 is 77.6. The molecule has 0 amide bonds. The van der Waals surface area contributed by atoms with Crippen LogP contribution in [0.5, 0.6) is 5.75 Å². The molecule has 1 aliphatic heterocycles. The molecule has 0 radical (unpaired) electrons. The first kappa shape index (κ1) is 32.6. The number of anilines is 1. The van der Waals surface area contributed by atoms with Gasteiger partial charge in [-0.3, -0.25) is 14.3 Å². The number of piperidine rings is 1. The summed E-state index contributed by atoms with van der Waals surface area (Å²) >= 11 is 7.54. The number of hydrogen-bond acceptors (Lipinski definition) is 8. The lowest BCUT2D eigenvalue weighted by atomic mass is 10.0. The number of halogens is 6. The highest BCUT2D eigenvalue weighted by atomic mass is 35.5. The summed E-state index contributed by atoms with van der Waals surface area (Å²) in [5.74, 6) is -4.19. The normalized spacial score (nSPS) is 15.0. The average Bonchev–Trinajstić information content (AvgIpc) is 3.42. The second kappa shape index (κ2) is 12.0. The van der Waals surface area contributed by atoms with Crippen LogP contribution < -0.4 is 15.2 Å². The summed E-state index contributed by atoms with van der Waals surface area (Å²) in [6.07, 6.45) is -6.13. The van der Waals surface area contributed by atoms with Crippen LogP contribution in [-0.2, 0) is 12.7 Å². The Morgan fingerprint density at radius 1 is 1.06 bits per heavy atom. The van der Waals surface area contributed by atoms with Gasteiger partial charge in [0.1, 0.15) is 29.6 Å². The Morgan fingerprint density at radius 2 is 1.79 bits per heavy atom. The zero-order valence-electron chi connectivity index (χ0n) is 24.8. The minimum absolute atomic E-state index is 0.0589. The number of aryl methyl sites for hydroxylation is 2. The van der Waals surface area contributed by atoms with Gasteiger partial charge in [-0.1, -0.05) is 11.6 Å². The molecule has 0 bridgehead atoms. The molecule has 4 aromatic heterocycles. The molecule has 1 fully saturated rings. The van der Waals surface area contributed by atoms with Crippen molar-refractivity contribution in [1.29, 1.82) is 0 Å². The van der Waals surface area contributed by atoms with Crippen LogP contribution in [0, 0.1) is 13.8 Å². The van der Waals surface area contributed by atoms with Gasteiger partial charge in [-0.25, -0.2) is 23.5 Å². The molecule has 0 saturated carbocycles. The van der Waals surface area contributed by atoms with Crippen LogP contribution in [0.4, 0.5) is 27.8 Å². The molecule has 0 aliphatic carbocycles. The molecule has 1 saturated heterocycles. The molecule has 5 heterocycles. The van der Waals surface area contributed by atoms with Gasteiger partial charge >= 0.3 is 12.1 Å². The van der Waals surface area contributed by atoms with Crippen LogP contribution in [0.15, 0.2) is 40.5 Å². The van der Waals surface area contributed by atoms with E-state index in [0.29, 0.717) is 37.8 Å². The van der Waals surface area contributed by atoms with Crippen molar-refractivity contribution >= 4 is 56.0 Å². The van der Waals surface area contributed by atoms with Gasteiger partial charge in [0, 0.05) is 53.2 Å². The number of benzene rings is 1. The minimum Gasteiger partial charge on any atom is -0.491 e. The van der Waals surface area contributed by atoms with E-state index in [0.717, 1.165) is 11.0 Å². The van der Waals surface area contributed by atoms with Gasteiger partial charge < -0.3 is 14.7 Å². The molecule has 0 spiro atoms. The zero-order valence-corrected chi connectivity index (χ0v) is 26.4. The topological polar surface area (TPSA) is 110 Å². The maximum absolute atomic E-state index is 14.0. The van der Waals surface area contributed by atoms with Crippen molar-refractivity contribution in [2.45, 2.75) is 45.3 Å². The number of ether oxygens (including phenoxy) is 1. The second-order valence-electron chi connectivity index (χ2n) is 11.1. The Bertz CT molecular complexity index is 2110. The zero-order chi connectivity index (χ0) is 33.8. The number of carboxylic acids is 1. The summed E-state index contributed by atoms with van der Waals surface area (Å²) in [6, 6.07) is 7.43. The van der Waals surface area contributed by atoms with Crippen LogP contribution >= 0.6 is 22.9 Å². The Morgan fingerprint density at radius 3 is 2.47 bits per heavy atom. The second-order valence-corrected chi connectivity index (χ2v) is 12.4. The summed E-state index contributed by atoms with van der Waals surface area (Å²) in [5.41, 5.74) is -0.289. The Balaban J connectivity index is 1.33. The van der Waals surface area contributed by atoms with E-state index in [1.165, 1.54) is 28.2 Å². The molecule has 16 heteroatoms. The largest absolute Gasteiger partial charge is 0.491 e. The summed E-state index contributed by atoms with van der Waals surface area (Å²) in [5, 5.41) is 11.5. The number of aromatic carboxylic acids is 1. The maximum Gasteiger partial charge on any atom is 0.420 e. The predicted molar refractivity (Wildman–Crippen MR) is 167 cm³/mol. The van der Waals surface area contributed by atoms with Crippen molar-refractivity contribution in [3.05, 3.63) is 73.7 Å². The van der Waals surface area contributed by atoms with Gasteiger partial charge in [-0.2, -0.15) is 13.2 Å². The van der Waals surface area contributed by atoms with Crippen molar-refractivity contribution in [1.82, 2.24) is 19.5 Å². The lowest BCUT2D eigenvalue weighted by Crippen LogP contribution is -2.41. The Kier molecular flexibility index (Phi) is 8.32. The first-order valence-electron chi connectivity index (χ1n) is 14.3. The lowest BCUT2D eigenvalue weighted by Gasteiger charge is -2.34. The third-order valence-electron chi connectivity index (χ3n) is 7.89. The molecule has 0 atom stereocenters. The number of carbonyl (C=O) groups is 1. The fourth-order valence-corrected chi connectivity index (χ4v) is 6.76. The van der Waals surface area contributed by atoms with Crippen molar-refractivity contribution < 1.29 is 36.6 Å². The molecule has 1 aromatic carbocycles. The van der Waals surface area contributed by atoms with E-state index in [4.69, 9.17) is 16.3 Å². The Hall–Kier alpha value is -4.37. The number of pyridine rings is 2. The van der Waals surface area contributed by atoms with E-state index in [-0.39, 0.29) is 48.7 Å². The van der Waals surface area contributed by atoms with E-state index >= 15 is 0 Å². The predicted octanol–water partition coefficient (Wildman–Crippen LogP) is 7.37. The van der Waals surface area contributed by atoms with Crippen molar-refractivity contribution in [3.63, 3.8) is 0 Å². The highest BCUT2D eigenvalue weighted by Gasteiger charge is 2.40. The molecular formula is C31H25ClF5N5O4S. The average molecular weight is 694 g/mol. The van der Waals surface area contributed by atoms with Crippen LogP contribution in [0.3, 0.4) is 0 Å². The number of aromatic nitrogens is 4. The molecular weight excluding hydrogens is 669 g/mol. The molecule has 47 heavy (non-hydrogen) atoms. The first-order valence-corrected chi connectivity index (χ1v) is 15.6. The van der Waals surface area contributed by atoms with Gasteiger partial charge in [0.15, 0.2) is 5.52 Å². The number of nitrogens with zero attached hydrogens (tertiary/aromatic N) is 5. The molecule has 5 aromatic rings. The highest BCUT2D eigenvalue weighted by Crippen LogP contribution is 2.41. The van der Waals surface area contributed by atoms with Crippen LogP contribution in [0.25, 0.3) is 32.4 Å². The van der Waals surface area contributed by atoms with E-state index in [2.05, 4.69) is 15.0 Å². The van der Waals surface area contributed by atoms with Gasteiger partial charge in [0.05, 0.1) is 27.8 Å². The van der Waals surface area contributed by atoms with Crippen molar-refractivity contribution in [2.75, 3.05) is 24.6 Å².